The lowest BCUT2D eigenvalue weighted by Crippen LogP contribution is -2.22. The Morgan fingerprint density at radius 1 is 1.13 bits per heavy atom. The number of hydrogen-bond donors (Lipinski definition) is 1. The molecule has 0 aliphatic carbocycles. The number of nitriles is 1. The van der Waals surface area contributed by atoms with Gasteiger partial charge in [-0.3, -0.25) is 10.1 Å². The fourth-order valence-electron chi connectivity index (χ4n) is 3.94. The van der Waals surface area contributed by atoms with Gasteiger partial charge in [0.1, 0.15) is 35.5 Å². The van der Waals surface area contributed by atoms with Crippen molar-refractivity contribution in [2.75, 3.05) is 20.3 Å². The third kappa shape index (κ3) is 5.91. The molecule has 4 rings (SSSR count). The van der Waals surface area contributed by atoms with Crippen LogP contribution in [0.15, 0.2) is 84.8 Å². The van der Waals surface area contributed by atoms with Gasteiger partial charge in [-0.2, -0.15) is 5.26 Å². The topological polar surface area (TPSA) is 156 Å². The van der Waals surface area contributed by atoms with Crippen molar-refractivity contribution in [3.63, 3.8) is 0 Å². The van der Waals surface area contributed by atoms with Gasteiger partial charge in [0.05, 0.1) is 18.0 Å². The maximum Gasteiger partial charge on any atom is 0.349 e. The minimum atomic E-state index is -0.707. The summed E-state index contributed by atoms with van der Waals surface area (Å²) in [6.07, 6.45) is 1.62. The molecule has 2 N–H and O–H groups in total. The van der Waals surface area contributed by atoms with Crippen molar-refractivity contribution in [2.45, 2.75) is 5.92 Å². The van der Waals surface area contributed by atoms with Crippen molar-refractivity contribution in [1.29, 1.82) is 5.26 Å². The third-order valence-electron chi connectivity index (χ3n) is 5.70. The lowest BCUT2D eigenvalue weighted by molar-refractivity contribution is -0.384. The molecule has 0 saturated heterocycles. The minimum absolute atomic E-state index is 0.0778. The second kappa shape index (κ2) is 11.7. The number of nitrogens with zero attached hydrogens (tertiary/aromatic N) is 2. The van der Waals surface area contributed by atoms with Gasteiger partial charge in [0.15, 0.2) is 18.1 Å². The van der Waals surface area contributed by atoms with Gasteiger partial charge in [-0.05, 0) is 35.9 Å². The Kier molecular flexibility index (Phi) is 7.97. The van der Waals surface area contributed by atoms with Crippen LogP contribution in [0.1, 0.15) is 17.0 Å². The zero-order valence-corrected chi connectivity index (χ0v) is 20.8. The van der Waals surface area contributed by atoms with E-state index < -0.39 is 23.4 Å². The first-order valence-corrected chi connectivity index (χ1v) is 11.6. The molecule has 0 spiro atoms. The predicted octanol–water partition coefficient (Wildman–Crippen LogP) is 4.37. The molecule has 0 amide bonds. The number of methoxy groups -OCH3 is 1. The molecule has 1 unspecified atom stereocenters. The molecular weight excluding hydrogens is 506 g/mol. The molecule has 0 fully saturated rings. The molecular formula is C28H23N3O8. The third-order valence-corrected chi connectivity index (χ3v) is 5.70. The Morgan fingerprint density at radius 2 is 1.87 bits per heavy atom. The number of esters is 1. The van der Waals surface area contributed by atoms with Crippen LogP contribution in [0.25, 0.3) is 0 Å². The molecule has 1 aliphatic heterocycles. The van der Waals surface area contributed by atoms with Crippen molar-refractivity contribution in [2.24, 2.45) is 5.73 Å². The number of non-ortho nitro benzene ring substituents is 1. The number of carbonyl (C=O) groups is 1. The second-order valence-electron chi connectivity index (χ2n) is 8.15. The van der Waals surface area contributed by atoms with Crippen LogP contribution in [0.3, 0.4) is 0 Å². The zero-order valence-electron chi connectivity index (χ0n) is 20.8. The van der Waals surface area contributed by atoms with Crippen LogP contribution in [-0.2, 0) is 4.79 Å². The van der Waals surface area contributed by atoms with Crippen molar-refractivity contribution >= 4 is 11.7 Å². The largest absolute Gasteiger partial charge is 0.493 e. The number of allylic oxidation sites excluding steroid dienone is 1. The number of fused-ring (bicyclic) bond motifs is 1. The van der Waals surface area contributed by atoms with E-state index in [1.54, 1.807) is 36.4 Å². The first-order chi connectivity index (χ1) is 18.8. The summed E-state index contributed by atoms with van der Waals surface area (Å²) in [5.41, 5.74) is 7.55. The Bertz CT molecular complexity index is 1490. The van der Waals surface area contributed by atoms with Gasteiger partial charge in [-0.15, -0.1) is 0 Å². The van der Waals surface area contributed by atoms with Gasteiger partial charge in [-0.1, -0.05) is 24.8 Å². The number of ether oxygens (including phenoxy) is 5. The van der Waals surface area contributed by atoms with E-state index in [0.29, 0.717) is 35.0 Å². The number of carbonyl (C=O) groups excluding carboxylic acids is 1. The molecule has 0 aromatic heterocycles. The first-order valence-electron chi connectivity index (χ1n) is 11.6. The van der Waals surface area contributed by atoms with Gasteiger partial charge in [0.25, 0.3) is 5.69 Å². The maximum atomic E-state index is 12.3. The molecule has 198 valence electrons. The van der Waals surface area contributed by atoms with Crippen LogP contribution in [0.5, 0.6) is 28.7 Å². The highest BCUT2D eigenvalue weighted by Gasteiger charge is 2.31. The number of nitrogens with two attached hydrogens (primary N) is 1. The fourth-order valence-corrected chi connectivity index (χ4v) is 3.94. The monoisotopic (exact) mass is 529 g/mol. The van der Waals surface area contributed by atoms with Crippen molar-refractivity contribution in [3.05, 3.63) is 106 Å². The number of benzene rings is 3. The van der Waals surface area contributed by atoms with E-state index in [1.807, 2.05) is 0 Å². The van der Waals surface area contributed by atoms with Crippen LogP contribution >= 0.6 is 0 Å². The number of rotatable bonds is 10. The maximum absolute atomic E-state index is 12.3. The van der Waals surface area contributed by atoms with E-state index in [0.717, 1.165) is 0 Å². The molecule has 0 saturated carbocycles. The SMILES string of the molecule is C=CCOc1ccc(C2C(C#N)=C(N)Oc3cc(OC(=O)COc4ccc([N+](=O)[O-])cc4)ccc32)cc1OC. The summed E-state index contributed by atoms with van der Waals surface area (Å²) in [5.74, 6) is 0.378. The highest BCUT2D eigenvalue weighted by Crippen LogP contribution is 2.45. The number of nitro benzene ring substituents is 1. The van der Waals surface area contributed by atoms with E-state index in [9.17, 15) is 20.2 Å². The van der Waals surface area contributed by atoms with Crippen molar-refractivity contribution in [1.82, 2.24) is 0 Å². The normalized spacial score (nSPS) is 13.8. The highest BCUT2D eigenvalue weighted by molar-refractivity contribution is 5.74. The summed E-state index contributed by atoms with van der Waals surface area (Å²) in [7, 11) is 1.51. The summed E-state index contributed by atoms with van der Waals surface area (Å²) in [4.78, 5) is 22.6. The molecule has 0 bridgehead atoms. The van der Waals surface area contributed by atoms with Crippen LogP contribution in [-0.4, -0.2) is 31.2 Å². The highest BCUT2D eigenvalue weighted by atomic mass is 16.6. The molecule has 3 aromatic rings. The quantitative estimate of drug-likeness (QED) is 0.131. The summed E-state index contributed by atoms with van der Waals surface area (Å²) in [6.45, 7) is 3.51. The molecule has 11 nitrogen and oxygen atoms in total. The molecule has 1 heterocycles. The Balaban J connectivity index is 1.54. The molecule has 11 heteroatoms. The van der Waals surface area contributed by atoms with E-state index in [2.05, 4.69) is 12.6 Å². The molecule has 1 atom stereocenters. The van der Waals surface area contributed by atoms with Gasteiger partial charge < -0.3 is 29.4 Å². The molecule has 1 aliphatic rings. The van der Waals surface area contributed by atoms with Gasteiger partial charge in [0.2, 0.25) is 5.88 Å². The summed E-state index contributed by atoms with van der Waals surface area (Å²) >= 11 is 0. The van der Waals surface area contributed by atoms with Gasteiger partial charge in [-0.25, -0.2) is 4.79 Å². The summed E-state index contributed by atoms with van der Waals surface area (Å²) in [6, 6.07) is 17.4. The summed E-state index contributed by atoms with van der Waals surface area (Å²) in [5, 5.41) is 20.6. The lowest BCUT2D eigenvalue weighted by Gasteiger charge is -2.27. The smallest absolute Gasteiger partial charge is 0.349 e. The average Bonchev–Trinajstić information content (AvgIpc) is 2.94. The lowest BCUT2D eigenvalue weighted by atomic mass is 9.83. The minimum Gasteiger partial charge on any atom is -0.493 e. The van der Waals surface area contributed by atoms with Crippen LogP contribution < -0.4 is 29.4 Å². The Morgan fingerprint density at radius 3 is 2.54 bits per heavy atom. The average molecular weight is 530 g/mol. The second-order valence-corrected chi connectivity index (χ2v) is 8.15. The van der Waals surface area contributed by atoms with Crippen molar-refractivity contribution < 1.29 is 33.4 Å². The van der Waals surface area contributed by atoms with Gasteiger partial charge in [0, 0.05) is 23.8 Å². The van der Waals surface area contributed by atoms with E-state index in [-0.39, 0.29) is 28.6 Å². The Labute approximate surface area is 223 Å². The van der Waals surface area contributed by atoms with Gasteiger partial charge >= 0.3 is 5.97 Å². The zero-order chi connectivity index (χ0) is 27.9. The van der Waals surface area contributed by atoms with Crippen LogP contribution in [0.4, 0.5) is 5.69 Å². The molecule has 0 radical (unpaired) electrons. The molecule has 39 heavy (non-hydrogen) atoms. The van der Waals surface area contributed by atoms with E-state index in [1.165, 1.54) is 37.4 Å². The van der Waals surface area contributed by atoms with Crippen LogP contribution in [0.2, 0.25) is 0 Å². The Hall–Kier alpha value is -5.50. The summed E-state index contributed by atoms with van der Waals surface area (Å²) < 4.78 is 27.5. The predicted molar refractivity (Wildman–Crippen MR) is 139 cm³/mol. The molecule has 3 aromatic carbocycles. The van der Waals surface area contributed by atoms with Crippen LogP contribution in [0, 0.1) is 21.4 Å². The number of nitro groups is 1. The first kappa shape index (κ1) is 26.6. The van der Waals surface area contributed by atoms with E-state index >= 15 is 0 Å². The van der Waals surface area contributed by atoms with E-state index in [4.69, 9.17) is 29.4 Å². The fraction of sp³-hybridized carbons (Fsp3) is 0.143. The van der Waals surface area contributed by atoms with Crippen molar-refractivity contribution in [3.8, 4) is 34.8 Å². The number of hydrogen-bond acceptors (Lipinski definition) is 10. The standard InChI is InChI=1S/C28H23N3O8/c1-3-12-36-23-11-4-17(13-25(23)35-2)27-21-10-9-20(14-24(21)39-28(30)22(27)15-29)38-26(32)16-37-19-7-5-18(6-8-19)31(33)34/h3-11,13-14,27H,1,12,16,30H2,2H3.